The summed E-state index contributed by atoms with van der Waals surface area (Å²) < 4.78 is 16.7. The highest BCUT2D eigenvalue weighted by molar-refractivity contribution is 5.71. The number of unbranched alkanes of at least 4 members (excludes halogenated alkanes) is 23. The molecule has 0 aromatic carbocycles. The molecule has 0 saturated heterocycles. The Kier molecular flexibility index (Phi) is 47.9. The number of rotatable bonds is 46. The maximum atomic E-state index is 12.8. The van der Waals surface area contributed by atoms with Crippen LogP contribution >= 0.6 is 0 Å². The molecule has 0 aliphatic heterocycles. The van der Waals surface area contributed by atoms with Crippen molar-refractivity contribution < 1.29 is 28.6 Å². The molecule has 0 aromatic rings. The van der Waals surface area contributed by atoms with Gasteiger partial charge in [0, 0.05) is 19.3 Å². The number of hydrogen-bond donors (Lipinski definition) is 0. The monoisotopic (exact) mass is 865 g/mol. The zero-order valence-electron chi connectivity index (χ0n) is 40.6. The first kappa shape index (κ1) is 58.9. The molecule has 0 aliphatic rings. The molecular weight excluding hydrogens is 769 g/mol. The van der Waals surface area contributed by atoms with Crippen LogP contribution in [0.3, 0.4) is 0 Å². The Labute approximate surface area is 382 Å². The summed E-state index contributed by atoms with van der Waals surface area (Å²) in [4.78, 5) is 37.9. The van der Waals surface area contributed by atoms with Crippen LogP contribution in [0.1, 0.15) is 245 Å². The van der Waals surface area contributed by atoms with Gasteiger partial charge in [0.05, 0.1) is 0 Å². The van der Waals surface area contributed by atoms with Crippen LogP contribution in [-0.4, -0.2) is 37.2 Å². The summed E-state index contributed by atoms with van der Waals surface area (Å²) in [7, 11) is 0. The molecule has 0 heterocycles. The topological polar surface area (TPSA) is 78.9 Å². The van der Waals surface area contributed by atoms with E-state index < -0.39 is 6.10 Å². The lowest BCUT2D eigenvalue weighted by Crippen LogP contribution is -2.30. The van der Waals surface area contributed by atoms with Crippen LogP contribution in [0.2, 0.25) is 0 Å². The first-order chi connectivity index (χ1) is 30.5. The molecule has 0 bridgehead atoms. The molecule has 0 aliphatic carbocycles. The van der Waals surface area contributed by atoms with E-state index in [1.165, 1.54) is 122 Å². The Balaban J connectivity index is 4.42. The van der Waals surface area contributed by atoms with Crippen LogP contribution in [-0.2, 0) is 28.6 Å². The van der Waals surface area contributed by atoms with Gasteiger partial charge in [-0.1, -0.05) is 241 Å². The van der Waals surface area contributed by atoms with Gasteiger partial charge in [-0.3, -0.25) is 14.4 Å². The van der Waals surface area contributed by atoms with Crippen molar-refractivity contribution in [1.29, 1.82) is 0 Å². The minimum Gasteiger partial charge on any atom is -0.462 e. The molecular formula is C56H96O6. The summed E-state index contributed by atoms with van der Waals surface area (Å²) in [6, 6.07) is 0. The molecule has 0 saturated carbocycles. The Bertz CT molecular complexity index is 1180. The highest BCUT2D eigenvalue weighted by Gasteiger charge is 2.19. The third kappa shape index (κ3) is 47.9. The van der Waals surface area contributed by atoms with E-state index in [-0.39, 0.29) is 37.5 Å². The van der Waals surface area contributed by atoms with E-state index in [2.05, 4.69) is 87.6 Å². The molecule has 6 nitrogen and oxygen atoms in total. The van der Waals surface area contributed by atoms with E-state index in [4.69, 9.17) is 14.2 Å². The molecule has 0 spiro atoms. The molecule has 0 fully saturated rings. The van der Waals surface area contributed by atoms with E-state index in [0.29, 0.717) is 19.3 Å². The lowest BCUT2D eigenvalue weighted by molar-refractivity contribution is -0.166. The predicted octanol–water partition coefficient (Wildman–Crippen LogP) is 17.0. The lowest BCUT2D eigenvalue weighted by atomic mass is 10.0. The highest BCUT2D eigenvalue weighted by Crippen LogP contribution is 2.15. The van der Waals surface area contributed by atoms with Gasteiger partial charge in [0.25, 0.3) is 0 Å². The molecule has 62 heavy (non-hydrogen) atoms. The molecule has 356 valence electrons. The fourth-order valence-corrected chi connectivity index (χ4v) is 7.12. The zero-order chi connectivity index (χ0) is 45.1. The van der Waals surface area contributed by atoms with Gasteiger partial charge < -0.3 is 14.2 Å². The SMILES string of the molecule is CC/C=C\C/C=C\C/C=C\C/C=C\C/C=C\C/C=C\CCC(=O)OCC(COC(=O)CCCCCCCCCCC)OC(=O)CCCCCCCCCCCCCCCCCC. The van der Waals surface area contributed by atoms with Crippen molar-refractivity contribution >= 4 is 17.9 Å². The zero-order valence-corrected chi connectivity index (χ0v) is 40.6. The molecule has 1 unspecified atom stereocenters. The average molecular weight is 865 g/mol. The summed E-state index contributed by atoms with van der Waals surface area (Å²) in [6.07, 6.45) is 63.3. The van der Waals surface area contributed by atoms with Crippen LogP contribution in [0.4, 0.5) is 0 Å². The average Bonchev–Trinajstić information content (AvgIpc) is 3.27. The summed E-state index contributed by atoms with van der Waals surface area (Å²) in [5, 5.41) is 0. The van der Waals surface area contributed by atoms with Gasteiger partial charge in [-0.2, -0.15) is 0 Å². The van der Waals surface area contributed by atoms with Gasteiger partial charge in [0.2, 0.25) is 0 Å². The van der Waals surface area contributed by atoms with Crippen LogP contribution in [0.25, 0.3) is 0 Å². The predicted molar refractivity (Wildman–Crippen MR) is 265 cm³/mol. The van der Waals surface area contributed by atoms with Gasteiger partial charge in [0.15, 0.2) is 6.10 Å². The van der Waals surface area contributed by atoms with Gasteiger partial charge >= 0.3 is 17.9 Å². The fourth-order valence-electron chi connectivity index (χ4n) is 7.12. The van der Waals surface area contributed by atoms with E-state index in [9.17, 15) is 14.4 Å². The lowest BCUT2D eigenvalue weighted by Gasteiger charge is -2.18. The molecule has 0 radical (unpaired) electrons. The summed E-state index contributed by atoms with van der Waals surface area (Å²) >= 11 is 0. The van der Waals surface area contributed by atoms with Gasteiger partial charge in [0.1, 0.15) is 13.2 Å². The van der Waals surface area contributed by atoms with E-state index in [1.807, 2.05) is 6.08 Å². The first-order valence-electron chi connectivity index (χ1n) is 25.9. The van der Waals surface area contributed by atoms with E-state index in [1.54, 1.807) is 0 Å². The minimum atomic E-state index is -0.801. The maximum Gasteiger partial charge on any atom is 0.306 e. The molecule has 0 aromatic heterocycles. The molecule has 1 atom stereocenters. The van der Waals surface area contributed by atoms with Crippen molar-refractivity contribution in [3.8, 4) is 0 Å². The van der Waals surface area contributed by atoms with Crippen molar-refractivity contribution in [3.05, 3.63) is 72.9 Å². The smallest absolute Gasteiger partial charge is 0.306 e. The normalized spacial score (nSPS) is 12.6. The van der Waals surface area contributed by atoms with Crippen LogP contribution in [0.15, 0.2) is 72.9 Å². The molecule has 0 rings (SSSR count). The number of allylic oxidation sites excluding steroid dienone is 12. The second-order valence-electron chi connectivity index (χ2n) is 17.1. The minimum absolute atomic E-state index is 0.0958. The van der Waals surface area contributed by atoms with Gasteiger partial charge in [-0.15, -0.1) is 0 Å². The van der Waals surface area contributed by atoms with Gasteiger partial charge in [-0.25, -0.2) is 0 Å². The number of carbonyl (C=O) groups is 3. The van der Waals surface area contributed by atoms with Crippen molar-refractivity contribution in [2.75, 3.05) is 13.2 Å². The van der Waals surface area contributed by atoms with Crippen molar-refractivity contribution in [2.45, 2.75) is 252 Å². The largest absolute Gasteiger partial charge is 0.462 e. The molecule has 6 heteroatoms. The van der Waals surface area contributed by atoms with Gasteiger partial charge in [-0.05, 0) is 57.8 Å². The fraction of sp³-hybridized carbons (Fsp3) is 0.732. The van der Waals surface area contributed by atoms with Crippen molar-refractivity contribution in [3.63, 3.8) is 0 Å². The van der Waals surface area contributed by atoms with Crippen LogP contribution in [0, 0.1) is 0 Å². The van der Waals surface area contributed by atoms with Crippen molar-refractivity contribution in [2.24, 2.45) is 0 Å². The second-order valence-corrected chi connectivity index (χ2v) is 17.1. The maximum absolute atomic E-state index is 12.8. The Morgan fingerprint density at radius 3 is 0.984 bits per heavy atom. The van der Waals surface area contributed by atoms with Crippen LogP contribution in [0.5, 0.6) is 0 Å². The first-order valence-corrected chi connectivity index (χ1v) is 25.9. The highest BCUT2D eigenvalue weighted by atomic mass is 16.6. The molecule has 0 amide bonds. The number of ether oxygens (including phenoxy) is 3. The second kappa shape index (κ2) is 50.5. The quantitative estimate of drug-likeness (QED) is 0.0262. The third-order valence-corrected chi connectivity index (χ3v) is 11.0. The van der Waals surface area contributed by atoms with E-state index >= 15 is 0 Å². The van der Waals surface area contributed by atoms with E-state index in [0.717, 1.165) is 77.0 Å². The molecule has 0 N–H and O–H groups in total. The van der Waals surface area contributed by atoms with Crippen molar-refractivity contribution in [1.82, 2.24) is 0 Å². The summed E-state index contributed by atoms with van der Waals surface area (Å²) in [5.74, 6) is -0.982. The Morgan fingerprint density at radius 2 is 0.629 bits per heavy atom. The Hall–Kier alpha value is -3.15. The third-order valence-electron chi connectivity index (χ3n) is 11.0. The number of carbonyl (C=O) groups excluding carboxylic acids is 3. The number of esters is 3. The Morgan fingerprint density at radius 1 is 0.339 bits per heavy atom. The standard InChI is InChI=1S/C56H96O6/c1-4-7-10-13-16-19-21-23-25-27-28-29-31-32-34-37-40-43-46-49-55(58)61-52-53(51-60-54(57)48-45-42-39-36-18-15-12-9-6-3)62-56(59)50-47-44-41-38-35-33-30-26-24-22-20-17-14-11-8-5-2/h7,10,16,19,23,25,28-29,32,34,40,43,53H,4-6,8-9,11-15,17-18,20-22,24,26-27,30-31,33,35-39,41-42,44-52H2,1-3H3/b10-7-,19-16-,25-23-,29-28-,34-32-,43-40-. The van der Waals surface area contributed by atoms with Crippen LogP contribution < -0.4 is 0 Å². The summed E-state index contributed by atoms with van der Waals surface area (Å²) in [5.41, 5.74) is 0. The summed E-state index contributed by atoms with van der Waals surface area (Å²) in [6.45, 7) is 6.45. The number of hydrogen-bond acceptors (Lipinski definition) is 6.